The number of hydrogen-bond donors (Lipinski definition) is 0. The lowest BCUT2D eigenvalue weighted by molar-refractivity contribution is -0.136. The number of carbonyl (C=O) groups is 1. The standard InChI is InChI=1S/C20H24N6O/c1-4-25-12-17(14(2)23-25)19-22-21-18-13-24(20(27)15(3)26(18)19)11-10-16-8-6-5-7-9-16/h5-9,12,15H,4,10-11,13H2,1-3H3/t15-/m1/s1. The van der Waals surface area contributed by atoms with Crippen molar-refractivity contribution in [3.05, 3.63) is 53.6 Å². The summed E-state index contributed by atoms with van der Waals surface area (Å²) in [5.74, 6) is 1.67. The summed E-state index contributed by atoms with van der Waals surface area (Å²) < 4.78 is 3.85. The number of hydrogen-bond acceptors (Lipinski definition) is 4. The molecule has 140 valence electrons. The first-order valence-electron chi connectivity index (χ1n) is 9.39. The molecule has 0 aliphatic carbocycles. The molecule has 2 aromatic heterocycles. The Labute approximate surface area is 158 Å². The normalized spacial score (nSPS) is 16.6. The first-order valence-corrected chi connectivity index (χ1v) is 9.39. The van der Waals surface area contributed by atoms with Gasteiger partial charge in [-0.3, -0.25) is 14.0 Å². The predicted octanol–water partition coefficient (Wildman–Crippen LogP) is 2.62. The minimum atomic E-state index is -0.320. The Bertz CT molecular complexity index is 958. The van der Waals surface area contributed by atoms with Crippen molar-refractivity contribution in [3.8, 4) is 11.4 Å². The van der Waals surface area contributed by atoms with Gasteiger partial charge in [-0.25, -0.2) is 0 Å². The average Bonchev–Trinajstić information content (AvgIpc) is 3.27. The molecule has 1 amide bonds. The van der Waals surface area contributed by atoms with Crippen molar-refractivity contribution in [1.82, 2.24) is 29.4 Å². The molecule has 7 heteroatoms. The van der Waals surface area contributed by atoms with E-state index in [-0.39, 0.29) is 11.9 Å². The Morgan fingerprint density at radius 2 is 1.96 bits per heavy atom. The van der Waals surface area contributed by atoms with Crippen LogP contribution in [0, 0.1) is 6.92 Å². The molecule has 4 rings (SSSR count). The van der Waals surface area contributed by atoms with Crippen LogP contribution in [0.4, 0.5) is 0 Å². The maximum atomic E-state index is 13.0. The van der Waals surface area contributed by atoms with Crippen LogP contribution in [0.25, 0.3) is 11.4 Å². The second kappa shape index (κ2) is 6.98. The Kier molecular flexibility index (Phi) is 4.51. The summed E-state index contributed by atoms with van der Waals surface area (Å²) in [5, 5.41) is 13.3. The Morgan fingerprint density at radius 1 is 1.19 bits per heavy atom. The van der Waals surface area contributed by atoms with Gasteiger partial charge in [0.25, 0.3) is 0 Å². The molecule has 1 atom stereocenters. The van der Waals surface area contributed by atoms with Gasteiger partial charge >= 0.3 is 0 Å². The summed E-state index contributed by atoms with van der Waals surface area (Å²) in [4.78, 5) is 14.8. The molecule has 0 unspecified atom stereocenters. The van der Waals surface area contributed by atoms with Crippen molar-refractivity contribution in [2.24, 2.45) is 0 Å². The highest BCUT2D eigenvalue weighted by molar-refractivity contribution is 5.82. The number of nitrogens with zero attached hydrogens (tertiary/aromatic N) is 6. The van der Waals surface area contributed by atoms with E-state index in [4.69, 9.17) is 0 Å². The number of benzene rings is 1. The van der Waals surface area contributed by atoms with Crippen molar-refractivity contribution in [3.63, 3.8) is 0 Å². The minimum absolute atomic E-state index is 0.111. The zero-order valence-corrected chi connectivity index (χ0v) is 16.0. The molecule has 0 radical (unpaired) electrons. The minimum Gasteiger partial charge on any atom is -0.333 e. The molecular formula is C20H24N6O. The van der Waals surface area contributed by atoms with Crippen LogP contribution in [0.1, 0.15) is 37.0 Å². The largest absolute Gasteiger partial charge is 0.333 e. The molecule has 0 saturated carbocycles. The SMILES string of the molecule is CCn1cc(-c2nnc3n2[C@H](C)C(=O)N(CCc2ccccc2)C3)c(C)n1. The van der Waals surface area contributed by atoms with Crippen molar-refractivity contribution in [1.29, 1.82) is 0 Å². The highest BCUT2D eigenvalue weighted by Crippen LogP contribution is 2.29. The summed E-state index contributed by atoms with van der Waals surface area (Å²) in [7, 11) is 0. The van der Waals surface area contributed by atoms with Crippen LogP contribution in [0.2, 0.25) is 0 Å². The van der Waals surface area contributed by atoms with Gasteiger partial charge in [0.1, 0.15) is 6.04 Å². The Hall–Kier alpha value is -2.96. The fourth-order valence-corrected chi connectivity index (χ4v) is 3.64. The van der Waals surface area contributed by atoms with E-state index in [2.05, 4.69) is 27.4 Å². The van der Waals surface area contributed by atoms with Gasteiger partial charge in [0.15, 0.2) is 11.6 Å². The smallest absolute Gasteiger partial charge is 0.245 e. The van der Waals surface area contributed by atoms with Gasteiger partial charge in [-0.05, 0) is 32.8 Å². The highest BCUT2D eigenvalue weighted by Gasteiger charge is 2.33. The summed E-state index contributed by atoms with van der Waals surface area (Å²) in [6.07, 6.45) is 2.81. The number of aromatic nitrogens is 5. The Morgan fingerprint density at radius 3 is 2.67 bits per heavy atom. The summed E-state index contributed by atoms with van der Waals surface area (Å²) in [6, 6.07) is 9.91. The van der Waals surface area contributed by atoms with Crippen molar-refractivity contribution >= 4 is 5.91 Å². The van der Waals surface area contributed by atoms with Gasteiger partial charge in [-0.15, -0.1) is 10.2 Å². The molecule has 1 aliphatic rings. The summed E-state index contributed by atoms with van der Waals surface area (Å²) >= 11 is 0. The zero-order valence-electron chi connectivity index (χ0n) is 16.0. The first kappa shape index (κ1) is 17.5. The molecule has 0 bridgehead atoms. The summed E-state index contributed by atoms with van der Waals surface area (Å²) in [5.41, 5.74) is 3.07. The van der Waals surface area contributed by atoms with Crippen molar-refractivity contribution in [2.45, 2.75) is 46.3 Å². The molecular weight excluding hydrogens is 340 g/mol. The number of carbonyl (C=O) groups excluding carboxylic acids is 1. The topological polar surface area (TPSA) is 68.8 Å². The van der Waals surface area contributed by atoms with Crippen molar-refractivity contribution in [2.75, 3.05) is 6.54 Å². The number of aryl methyl sites for hydroxylation is 2. The van der Waals surface area contributed by atoms with Crippen molar-refractivity contribution < 1.29 is 4.79 Å². The van der Waals surface area contributed by atoms with Gasteiger partial charge in [-0.2, -0.15) is 5.10 Å². The van der Waals surface area contributed by atoms with Crippen LogP contribution in [0.5, 0.6) is 0 Å². The number of amides is 1. The first-order chi connectivity index (χ1) is 13.1. The van der Waals surface area contributed by atoms with Gasteiger partial charge in [0, 0.05) is 19.3 Å². The van der Waals surface area contributed by atoms with E-state index >= 15 is 0 Å². The lowest BCUT2D eigenvalue weighted by atomic mass is 10.1. The van der Waals surface area contributed by atoms with E-state index in [1.807, 2.05) is 59.3 Å². The van der Waals surface area contributed by atoms with E-state index in [1.54, 1.807) is 0 Å². The van der Waals surface area contributed by atoms with Crippen LogP contribution >= 0.6 is 0 Å². The molecule has 3 heterocycles. The average molecular weight is 364 g/mol. The van der Waals surface area contributed by atoms with E-state index in [1.165, 1.54) is 5.56 Å². The van der Waals surface area contributed by atoms with E-state index in [9.17, 15) is 4.79 Å². The fourth-order valence-electron chi connectivity index (χ4n) is 3.64. The number of rotatable bonds is 5. The molecule has 7 nitrogen and oxygen atoms in total. The van der Waals surface area contributed by atoms with Gasteiger partial charge in [0.2, 0.25) is 5.91 Å². The van der Waals surface area contributed by atoms with Gasteiger partial charge < -0.3 is 4.90 Å². The Balaban J connectivity index is 1.59. The molecule has 1 aliphatic heterocycles. The second-order valence-corrected chi connectivity index (χ2v) is 6.97. The maximum absolute atomic E-state index is 13.0. The van der Waals surface area contributed by atoms with Gasteiger partial charge in [-0.1, -0.05) is 30.3 Å². The van der Waals surface area contributed by atoms with E-state index in [0.717, 1.165) is 35.9 Å². The van der Waals surface area contributed by atoms with Crippen LogP contribution < -0.4 is 0 Å². The quantitative estimate of drug-likeness (QED) is 0.698. The van der Waals surface area contributed by atoms with Crippen LogP contribution in [-0.2, 0) is 24.3 Å². The predicted molar refractivity (Wildman–Crippen MR) is 102 cm³/mol. The van der Waals surface area contributed by atoms with Crippen LogP contribution in [0.3, 0.4) is 0 Å². The zero-order chi connectivity index (χ0) is 19.0. The van der Waals surface area contributed by atoms with Crippen LogP contribution in [-0.4, -0.2) is 41.9 Å². The third-order valence-corrected chi connectivity index (χ3v) is 5.18. The second-order valence-electron chi connectivity index (χ2n) is 6.97. The molecule has 0 fully saturated rings. The molecule has 3 aromatic rings. The molecule has 0 saturated heterocycles. The van der Waals surface area contributed by atoms with Crippen LogP contribution in [0.15, 0.2) is 36.5 Å². The third kappa shape index (κ3) is 3.13. The van der Waals surface area contributed by atoms with E-state index < -0.39 is 0 Å². The van der Waals surface area contributed by atoms with Gasteiger partial charge in [0.05, 0.1) is 17.8 Å². The molecule has 0 N–H and O–H groups in total. The molecule has 0 spiro atoms. The molecule has 27 heavy (non-hydrogen) atoms. The monoisotopic (exact) mass is 364 g/mol. The maximum Gasteiger partial charge on any atom is 0.245 e. The third-order valence-electron chi connectivity index (χ3n) is 5.18. The lowest BCUT2D eigenvalue weighted by Crippen LogP contribution is -2.42. The molecule has 1 aromatic carbocycles. The van der Waals surface area contributed by atoms with E-state index in [0.29, 0.717) is 13.1 Å². The summed E-state index contributed by atoms with van der Waals surface area (Å²) in [6.45, 7) is 7.90. The lowest BCUT2D eigenvalue weighted by Gasteiger charge is -2.32. The number of fused-ring (bicyclic) bond motifs is 1. The fraction of sp³-hybridized carbons (Fsp3) is 0.400. The highest BCUT2D eigenvalue weighted by atomic mass is 16.2.